The Hall–Kier alpha value is -1.50. The van der Waals surface area contributed by atoms with Gasteiger partial charge in [-0.2, -0.15) is 0 Å². The number of nitrogens with zero attached hydrogens (tertiary/aromatic N) is 1. The summed E-state index contributed by atoms with van der Waals surface area (Å²) < 4.78 is 44.6. The van der Waals surface area contributed by atoms with Crippen LogP contribution in [0.25, 0.3) is 0 Å². The summed E-state index contributed by atoms with van der Waals surface area (Å²) in [6, 6.07) is 0. The summed E-state index contributed by atoms with van der Waals surface area (Å²) in [6.07, 6.45) is -4.14. The minimum atomic E-state index is -4.87. The summed E-state index contributed by atoms with van der Waals surface area (Å²) in [5.74, 6) is -0.861. The highest BCUT2D eigenvalue weighted by Crippen LogP contribution is 2.35. The lowest BCUT2D eigenvalue weighted by Gasteiger charge is -2.14. The molecule has 94 valence electrons. The van der Waals surface area contributed by atoms with Gasteiger partial charge in [0.15, 0.2) is 11.5 Å². The zero-order valence-electron chi connectivity index (χ0n) is 8.76. The molecule has 0 spiro atoms. The molecule has 0 atom stereocenters. The minimum absolute atomic E-state index is 0.0780. The molecule has 1 aromatic heterocycles. The summed E-state index contributed by atoms with van der Waals surface area (Å²) in [5.41, 5.74) is -0.104. The van der Waals surface area contributed by atoms with Crippen molar-refractivity contribution in [2.24, 2.45) is 0 Å². The predicted octanol–water partition coefficient (Wildman–Crippen LogP) is 2.68. The monoisotopic (exact) mass is 269 g/mol. The van der Waals surface area contributed by atoms with Crippen molar-refractivity contribution in [3.05, 3.63) is 17.5 Å². The molecule has 17 heavy (non-hydrogen) atoms. The van der Waals surface area contributed by atoms with E-state index in [1.54, 1.807) is 0 Å². The van der Waals surface area contributed by atoms with Gasteiger partial charge in [-0.1, -0.05) is 0 Å². The van der Waals surface area contributed by atoms with Crippen molar-refractivity contribution in [3.8, 4) is 11.5 Å². The molecule has 0 aliphatic rings. The molecule has 0 N–H and O–H groups in total. The van der Waals surface area contributed by atoms with Crippen LogP contribution in [-0.4, -0.2) is 23.7 Å². The Morgan fingerprint density at radius 3 is 2.47 bits per heavy atom. The number of ether oxygens (including phenoxy) is 2. The molecule has 0 saturated carbocycles. The Labute approximate surface area is 99.3 Å². The minimum Gasteiger partial charge on any atom is -0.492 e. The Kier molecular flexibility index (Phi) is 3.82. The SMILES string of the molecule is COc1c(OC(F)(F)F)cnc(C(=O)Cl)c1C. The van der Waals surface area contributed by atoms with Gasteiger partial charge >= 0.3 is 6.36 Å². The van der Waals surface area contributed by atoms with Crippen molar-refractivity contribution >= 4 is 16.8 Å². The van der Waals surface area contributed by atoms with Crippen molar-refractivity contribution in [1.82, 2.24) is 4.98 Å². The molecule has 0 aliphatic heterocycles. The van der Waals surface area contributed by atoms with Gasteiger partial charge in [-0.05, 0) is 18.5 Å². The van der Waals surface area contributed by atoms with Crippen LogP contribution in [0.2, 0.25) is 0 Å². The largest absolute Gasteiger partial charge is 0.573 e. The van der Waals surface area contributed by atoms with Gasteiger partial charge in [-0.3, -0.25) is 4.79 Å². The molecule has 0 radical (unpaired) electrons. The van der Waals surface area contributed by atoms with Gasteiger partial charge in [0.25, 0.3) is 5.24 Å². The summed E-state index contributed by atoms with van der Waals surface area (Å²) >= 11 is 5.20. The molecule has 1 heterocycles. The second kappa shape index (κ2) is 4.79. The maximum absolute atomic E-state index is 12.0. The summed E-state index contributed by atoms with van der Waals surface area (Å²) in [6.45, 7) is 1.35. The number of aromatic nitrogens is 1. The van der Waals surface area contributed by atoms with E-state index < -0.39 is 17.4 Å². The molecule has 0 aromatic carbocycles. The highest BCUT2D eigenvalue weighted by Gasteiger charge is 2.33. The number of halogens is 4. The first-order valence-corrected chi connectivity index (χ1v) is 4.63. The van der Waals surface area contributed by atoms with Crippen molar-refractivity contribution in [2.75, 3.05) is 7.11 Å². The zero-order valence-corrected chi connectivity index (χ0v) is 9.52. The standard InChI is InChI=1S/C9H7ClF3NO3/c1-4-6(8(10)15)14-3-5(7(4)16-2)17-9(11,12)13/h3H,1-2H3. The zero-order chi connectivity index (χ0) is 13.2. The number of hydrogen-bond donors (Lipinski definition) is 0. The van der Waals surface area contributed by atoms with E-state index >= 15 is 0 Å². The molecular weight excluding hydrogens is 263 g/mol. The Bertz CT molecular complexity index is 448. The summed E-state index contributed by atoms with van der Waals surface area (Å²) in [7, 11) is 1.15. The van der Waals surface area contributed by atoms with Crippen LogP contribution in [0.1, 0.15) is 16.1 Å². The quantitative estimate of drug-likeness (QED) is 0.792. The van der Waals surface area contributed by atoms with Crippen LogP contribution in [0.4, 0.5) is 13.2 Å². The van der Waals surface area contributed by atoms with E-state index in [1.165, 1.54) is 6.92 Å². The number of alkyl halides is 3. The molecule has 1 aromatic rings. The predicted molar refractivity (Wildman–Crippen MR) is 52.4 cm³/mol. The first-order valence-electron chi connectivity index (χ1n) is 4.25. The van der Waals surface area contributed by atoms with Crippen molar-refractivity contribution in [1.29, 1.82) is 0 Å². The third-order valence-electron chi connectivity index (χ3n) is 1.85. The van der Waals surface area contributed by atoms with Gasteiger partial charge < -0.3 is 9.47 Å². The van der Waals surface area contributed by atoms with Crippen molar-refractivity contribution in [3.63, 3.8) is 0 Å². The molecule has 0 bridgehead atoms. The second-order valence-corrected chi connectivity index (χ2v) is 3.29. The number of carbonyl (C=O) groups is 1. The van der Waals surface area contributed by atoms with Crippen LogP contribution in [0.15, 0.2) is 6.20 Å². The van der Waals surface area contributed by atoms with Gasteiger partial charge in [0.2, 0.25) is 0 Å². The highest BCUT2D eigenvalue weighted by molar-refractivity contribution is 6.67. The van der Waals surface area contributed by atoms with Crippen LogP contribution < -0.4 is 9.47 Å². The van der Waals surface area contributed by atoms with Crippen LogP contribution in [0.3, 0.4) is 0 Å². The van der Waals surface area contributed by atoms with Gasteiger partial charge in [0.1, 0.15) is 5.69 Å². The van der Waals surface area contributed by atoms with E-state index in [9.17, 15) is 18.0 Å². The second-order valence-electron chi connectivity index (χ2n) is 2.95. The van der Waals surface area contributed by atoms with Crippen LogP contribution in [0, 0.1) is 6.92 Å². The molecular formula is C9H7ClF3NO3. The lowest BCUT2D eigenvalue weighted by Crippen LogP contribution is -2.18. The van der Waals surface area contributed by atoms with Gasteiger partial charge in [-0.15, -0.1) is 13.2 Å². The summed E-state index contributed by atoms with van der Waals surface area (Å²) in [5, 5.41) is -0.889. The van der Waals surface area contributed by atoms with Crippen molar-refractivity contribution < 1.29 is 27.4 Å². The van der Waals surface area contributed by atoms with E-state index in [1.807, 2.05) is 0 Å². The molecule has 0 fully saturated rings. The van der Waals surface area contributed by atoms with E-state index in [-0.39, 0.29) is 17.0 Å². The molecule has 0 saturated heterocycles. The molecule has 8 heteroatoms. The maximum atomic E-state index is 12.0. The lowest BCUT2D eigenvalue weighted by molar-refractivity contribution is -0.275. The van der Waals surface area contributed by atoms with E-state index in [0.717, 1.165) is 13.3 Å². The number of carbonyl (C=O) groups excluding carboxylic acids is 1. The molecule has 0 amide bonds. The first kappa shape index (κ1) is 13.6. The number of pyridine rings is 1. The van der Waals surface area contributed by atoms with Gasteiger partial charge in [-0.25, -0.2) is 4.98 Å². The van der Waals surface area contributed by atoms with E-state index in [4.69, 9.17) is 16.3 Å². The van der Waals surface area contributed by atoms with Crippen LogP contribution in [0.5, 0.6) is 11.5 Å². The lowest BCUT2D eigenvalue weighted by atomic mass is 10.2. The molecule has 0 aliphatic carbocycles. The first-order chi connectivity index (χ1) is 7.76. The maximum Gasteiger partial charge on any atom is 0.573 e. The fraction of sp³-hybridized carbons (Fsp3) is 0.333. The highest BCUT2D eigenvalue weighted by atomic mass is 35.5. The Morgan fingerprint density at radius 2 is 2.06 bits per heavy atom. The Balaban J connectivity index is 3.26. The third-order valence-corrected chi connectivity index (χ3v) is 2.03. The fourth-order valence-electron chi connectivity index (χ4n) is 1.22. The number of rotatable bonds is 3. The van der Waals surface area contributed by atoms with Crippen molar-refractivity contribution in [2.45, 2.75) is 13.3 Å². The van der Waals surface area contributed by atoms with Crippen LogP contribution in [-0.2, 0) is 0 Å². The van der Waals surface area contributed by atoms with E-state index in [0.29, 0.717) is 0 Å². The topological polar surface area (TPSA) is 48.4 Å². The number of hydrogen-bond acceptors (Lipinski definition) is 4. The summed E-state index contributed by atoms with van der Waals surface area (Å²) in [4.78, 5) is 14.4. The molecule has 4 nitrogen and oxygen atoms in total. The van der Waals surface area contributed by atoms with E-state index in [2.05, 4.69) is 9.72 Å². The fourth-order valence-corrected chi connectivity index (χ4v) is 1.41. The Morgan fingerprint density at radius 1 is 1.47 bits per heavy atom. The molecule has 0 unspecified atom stereocenters. The smallest absolute Gasteiger partial charge is 0.492 e. The van der Waals surface area contributed by atoms with Gasteiger partial charge in [0, 0.05) is 5.56 Å². The van der Waals surface area contributed by atoms with Crippen LogP contribution >= 0.6 is 11.6 Å². The third kappa shape index (κ3) is 3.23. The average molecular weight is 270 g/mol. The normalized spacial score (nSPS) is 11.2. The average Bonchev–Trinajstić information content (AvgIpc) is 2.15. The number of methoxy groups -OCH3 is 1. The molecule has 1 rings (SSSR count). The van der Waals surface area contributed by atoms with Gasteiger partial charge in [0.05, 0.1) is 13.3 Å².